The minimum absolute atomic E-state index is 0.228. The van der Waals surface area contributed by atoms with Gasteiger partial charge in [0.25, 0.3) is 0 Å². The molecule has 0 atom stereocenters. The summed E-state index contributed by atoms with van der Waals surface area (Å²) in [7, 11) is 0. The highest BCUT2D eigenvalue weighted by Crippen LogP contribution is 2.27. The van der Waals surface area contributed by atoms with Crippen LogP contribution in [-0.2, 0) is 13.0 Å². The van der Waals surface area contributed by atoms with Crippen molar-refractivity contribution in [1.82, 2.24) is 9.55 Å². The van der Waals surface area contributed by atoms with Crippen molar-refractivity contribution in [3.63, 3.8) is 0 Å². The Kier molecular flexibility index (Phi) is 4.51. The molecule has 2 heterocycles. The lowest BCUT2D eigenvalue weighted by atomic mass is 10.0. The molecule has 5 heteroatoms. The zero-order chi connectivity index (χ0) is 13.9. The SMILES string of the molecule is Fc1ccc2c(c1)nc(CCCl)n2CC1CCSCC1. The molecule has 1 aliphatic heterocycles. The number of halogens is 2. The summed E-state index contributed by atoms with van der Waals surface area (Å²) in [4.78, 5) is 4.56. The highest BCUT2D eigenvalue weighted by atomic mass is 35.5. The topological polar surface area (TPSA) is 17.8 Å². The predicted octanol–water partition coefficient (Wildman–Crippen LogP) is 4.10. The van der Waals surface area contributed by atoms with Crippen LogP contribution in [0.2, 0.25) is 0 Å². The van der Waals surface area contributed by atoms with Crippen LogP contribution in [0.25, 0.3) is 11.0 Å². The molecule has 0 bridgehead atoms. The third-order valence-electron chi connectivity index (χ3n) is 3.89. The van der Waals surface area contributed by atoms with Gasteiger partial charge >= 0.3 is 0 Å². The molecule has 0 N–H and O–H groups in total. The molecule has 0 aliphatic carbocycles. The number of fused-ring (bicyclic) bond motifs is 1. The number of aromatic nitrogens is 2. The summed E-state index contributed by atoms with van der Waals surface area (Å²) >= 11 is 7.91. The zero-order valence-corrected chi connectivity index (χ0v) is 12.9. The Morgan fingerprint density at radius 1 is 1.35 bits per heavy atom. The van der Waals surface area contributed by atoms with Gasteiger partial charge in [-0.15, -0.1) is 11.6 Å². The first-order valence-corrected chi connectivity index (χ1v) is 8.75. The summed E-state index contributed by atoms with van der Waals surface area (Å²) in [5.41, 5.74) is 1.78. The molecule has 1 saturated heterocycles. The van der Waals surface area contributed by atoms with Crippen molar-refractivity contribution in [2.24, 2.45) is 5.92 Å². The minimum atomic E-state index is -0.228. The highest BCUT2D eigenvalue weighted by Gasteiger charge is 2.18. The van der Waals surface area contributed by atoms with Crippen molar-refractivity contribution in [2.45, 2.75) is 25.8 Å². The fourth-order valence-corrected chi connectivity index (χ4v) is 4.19. The van der Waals surface area contributed by atoms with E-state index < -0.39 is 0 Å². The monoisotopic (exact) mass is 312 g/mol. The van der Waals surface area contributed by atoms with Crippen LogP contribution in [0.3, 0.4) is 0 Å². The van der Waals surface area contributed by atoms with Crippen LogP contribution in [0.4, 0.5) is 4.39 Å². The summed E-state index contributed by atoms with van der Waals surface area (Å²) in [5, 5.41) is 0. The Hall–Kier alpha value is -0.740. The van der Waals surface area contributed by atoms with E-state index in [4.69, 9.17) is 11.6 Å². The molecular weight excluding hydrogens is 295 g/mol. The molecule has 1 aromatic carbocycles. The molecule has 0 saturated carbocycles. The highest BCUT2D eigenvalue weighted by molar-refractivity contribution is 7.99. The van der Waals surface area contributed by atoms with Gasteiger partial charge in [0.05, 0.1) is 11.0 Å². The lowest BCUT2D eigenvalue weighted by Crippen LogP contribution is -2.18. The fraction of sp³-hybridized carbons (Fsp3) is 0.533. The summed E-state index contributed by atoms with van der Waals surface area (Å²) < 4.78 is 15.6. The molecule has 108 valence electrons. The number of hydrogen-bond donors (Lipinski definition) is 0. The summed E-state index contributed by atoms with van der Waals surface area (Å²) in [6.07, 6.45) is 3.25. The minimum Gasteiger partial charge on any atom is -0.328 e. The van der Waals surface area contributed by atoms with Gasteiger partial charge in [-0.25, -0.2) is 9.37 Å². The Bertz CT molecular complexity index is 593. The van der Waals surface area contributed by atoms with E-state index in [1.54, 1.807) is 0 Å². The van der Waals surface area contributed by atoms with Gasteiger partial charge in [-0.3, -0.25) is 0 Å². The molecule has 2 nitrogen and oxygen atoms in total. The summed E-state index contributed by atoms with van der Waals surface area (Å²) in [6.45, 7) is 0.981. The first-order chi connectivity index (χ1) is 9.78. The van der Waals surface area contributed by atoms with Crippen LogP contribution in [-0.4, -0.2) is 26.9 Å². The first-order valence-electron chi connectivity index (χ1n) is 7.06. The van der Waals surface area contributed by atoms with Gasteiger partial charge in [0.1, 0.15) is 11.6 Å². The molecule has 0 amide bonds. The van der Waals surface area contributed by atoms with E-state index in [1.807, 2.05) is 17.8 Å². The van der Waals surface area contributed by atoms with Crippen molar-refractivity contribution >= 4 is 34.4 Å². The zero-order valence-electron chi connectivity index (χ0n) is 11.3. The van der Waals surface area contributed by atoms with Gasteiger partial charge in [0.15, 0.2) is 0 Å². The maximum atomic E-state index is 13.3. The number of benzene rings is 1. The quantitative estimate of drug-likeness (QED) is 0.791. The molecule has 3 rings (SSSR count). The molecule has 0 unspecified atom stereocenters. The van der Waals surface area contributed by atoms with Crippen molar-refractivity contribution in [3.05, 3.63) is 29.8 Å². The van der Waals surface area contributed by atoms with Gasteiger partial charge in [-0.2, -0.15) is 11.8 Å². The second-order valence-corrected chi connectivity index (χ2v) is 6.87. The van der Waals surface area contributed by atoms with E-state index in [1.165, 1.54) is 36.5 Å². The van der Waals surface area contributed by atoms with E-state index >= 15 is 0 Å². The van der Waals surface area contributed by atoms with E-state index in [0.29, 0.717) is 11.8 Å². The van der Waals surface area contributed by atoms with Crippen LogP contribution in [0, 0.1) is 11.7 Å². The maximum Gasteiger partial charge on any atom is 0.125 e. The van der Waals surface area contributed by atoms with Gasteiger partial charge in [-0.05, 0) is 42.4 Å². The maximum absolute atomic E-state index is 13.3. The molecule has 0 radical (unpaired) electrons. The summed E-state index contributed by atoms with van der Waals surface area (Å²) in [6, 6.07) is 4.87. The van der Waals surface area contributed by atoms with E-state index in [9.17, 15) is 4.39 Å². The molecule has 20 heavy (non-hydrogen) atoms. The van der Waals surface area contributed by atoms with E-state index in [2.05, 4.69) is 9.55 Å². The lowest BCUT2D eigenvalue weighted by molar-refractivity contribution is 0.416. The van der Waals surface area contributed by atoms with Crippen LogP contribution >= 0.6 is 23.4 Å². The number of thioether (sulfide) groups is 1. The molecule has 0 spiro atoms. The summed E-state index contributed by atoms with van der Waals surface area (Å²) in [5.74, 6) is 4.50. The number of rotatable bonds is 4. The van der Waals surface area contributed by atoms with Crippen molar-refractivity contribution in [2.75, 3.05) is 17.4 Å². The number of aryl methyl sites for hydroxylation is 1. The van der Waals surface area contributed by atoms with E-state index in [-0.39, 0.29) is 5.82 Å². The molecule has 1 aromatic heterocycles. The number of nitrogens with zero attached hydrogens (tertiary/aromatic N) is 2. The van der Waals surface area contributed by atoms with Gasteiger partial charge in [-0.1, -0.05) is 0 Å². The van der Waals surface area contributed by atoms with Gasteiger partial charge in [0, 0.05) is 24.9 Å². The average molecular weight is 313 g/mol. The largest absolute Gasteiger partial charge is 0.328 e. The smallest absolute Gasteiger partial charge is 0.125 e. The van der Waals surface area contributed by atoms with E-state index in [0.717, 1.165) is 29.8 Å². The number of imidazole rings is 1. The number of hydrogen-bond acceptors (Lipinski definition) is 2. The third-order valence-corrected chi connectivity index (χ3v) is 5.13. The molecule has 1 fully saturated rings. The fourth-order valence-electron chi connectivity index (χ4n) is 2.82. The van der Waals surface area contributed by atoms with Crippen LogP contribution in [0.15, 0.2) is 18.2 Å². The first kappa shape index (κ1) is 14.2. The van der Waals surface area contributed by atoms with Crippen molar-refractivity contribution in [1.29, 1.82) is 0 Å². The van der Waals surface area contributed by atoms with Gasteiger partial charge in [0.2, 0.25) is 0 Å². The Labute approximate surface area is 127 Å². The molecule has 1 aliphatic rings. The Morgan fingerprint density at radius 2 is 2.15 bits per heavy atom. The molecular formula is C15H18ClFN2S. The van der Waals surface area contributed by atoms with Crippen LogP contribution in [0.1, 0.15) is 18.7 Å². The van der Waals surface area contributed by atoms with Crippen LogP contribution in [0.5, 0.6) is 0 Å². The number of alkyl halides is 1. The molecule has 2 aromatic rings. The second-order valence-electron chi connectivity index (χ2n) is 5.27. The van der Waals surface area contributed by atoms with Gasteiger partial charge < -0.3 is 4.57 Å². The van der Waals surface area contributed by atoms with Crippen molar-refractivity contribution in [3.8, 4) is 0 Å². The average Bonchev–Trinajstić information content (AvgIpc) is 2.77. The normalized spacial score (nSPS) is 16.9. The lowest BCUT2D eigenvalue weighted by Gasteiger charge is -2.23. The van der Waals surface area contributed by atoms with Crippen molar-refractivity contribution < 1.29 is 4.39 Å². The predicted molar refractivity (Wildman–Crippen MR) is 84.2 cm³/mol. The standard InChI is InChI=1S/C15H18ClFN2S/c16-6-3-15-18-13-9-12(17)1-2-14(13)19(15)10-11-4-7-20-8-5-11/h1-2,9,11H,3-8,10H2. The van der Waals surface area contributed by atoms with Crippen LogP contribution < -0.4 is 0 Å². The second kappa shape index (κ2) is 6.35. The Balaban J connectivity index is 1.95. The Morgan fingerprint density at radius 3 is 2.90 bits per heavy atom. The third kappa shape index (κ3) is 2.96.